The second-order valence-corrected chi connectivity index (χ2v) is 5.32. The van der Waals surface area contributed by atoms with Gasteiger partial charge in [-0.15, -0.1) is 4.83 Å². The first-order valence-corrected chi connectivity index (χ1v) is 6.26. The van der Waals surface area contributed by atoms with E-state index in [-0.39, 0.29) is 11.5 Å². The van der Waals surface area contributed by atoms with E-state index in [0.717, 1.165) is 0 Å². The quantitative estimate of drug-likeness (QED) is 0.745. The third kappa shape index (κ3) is 2.79. The molecule has 0 aromatic heterocycles. The maximum absolute atomic E-state index is 11.9. The Hall–Kier alpha value is -0.950. The molecule has 6 heteroatoms. The molecule has 0 aliphatic rings. The van der Waals surface area contributed by atoms with Gasteiger partial charge in [0.05, 0.1) is 11.5 Å². The number of hydrogen-bond acceptors (Lipinski definition) is 4. The average molecular weight is 244 g/mol. The maximum atomic E-state index is 11.9. The molecule has 0 aliphatic carbocycles. The van der Waals surface area contributed by atoms with Crippen LogP contribution < -0.4 is 4.83 Å². The zero-order valence-electron chi connectivity index (χ0n) is 9.56. The van der Waals surface area contributed by atoms with Crippen LogP contribution in [0.25, 0.3) is 0 Å². The Balaban J connectivity index is 3.23. The number of hydrogen-bond donors (Lipinski definition) is 2. The third-order valence-corrected chi connectivity index (χ3v) is 3.79. The smallest absolute Gasteiger partial charge is 0.253 e. The van der Waals surface area contributed by atoms with Gasteiger partial charge in [0, 0.05) is 14.1 Å². The van der Waals surface area contributed by atoms with Crippen molar-refractivity contribution in [3.05, 3.63) is 29.3 Å². The summed E-state index contributed by atoms with van der Waals surface area (Å²) < 4.78 is 23.8. The predicted molar refractivity (Wildman–Crippen MR) is 61.1 cm³/mol. The zero-order valence-corrected chi connectivity index (χ0v) is 10.4. The third-order valence-electron chi connectivity index (χ3n) is 2.16. The number of nitrogens with zero attached hydrogens (tertiary/aromatic N) is 1. The van der Waals surface area contributed by atoms with E-state index in [1.807, 2.05) is 0 Å². The Morgan fingerprint density at radius 1 is 1.38 bits per heavy atom. The molecule has 1 aromatic rings. The van der Waals surface area contributed by atoms with Crippen molar-refractivity contribution in [1.29, 1.82) is 0 Å². The van der Waals surface area contributed by atoms with E-state index in [2.05, 4.69) is 4.83 Å². The van der Waals surface area contributed by atoms with Gasteiger partial charge in [0.2, 0.25) is 0 Å². The highest BCUT2D eigenvalue weighted by molar-refractivity contribution is 7.89. The molecule has 0 spiro atoms. The van der Waals surface area contributed by atoms with Crippen LogP contribution in [0.5, 0.6) is 0 Å². The standard InChI is InChI=1S/C10H16N2O3S/c1-8-9(7-13)5-4-6-10(8)16(14,15)11-12(2)3/h4-6,11,13H,7H2,1-3H3. The van der Waals surface area contributed by atoms with Crippen molar-refractivity contribution in [2.75, 3.05) is 14.1 Å². The van der Waals surface area contributed by atoms with E-state index in [9.17, 15) is 8.42 Å². The lowest BCUT2D eigenvalue weighted by atomic mass is 10.1. The fourth-order valence-corrected chi connectivity index (χ4v) is 2.78. The fourth-order valence-electron chi connectivity index (χ4n) is 1.41. The summed E-state index contributed by atoms with van der Waals surface area (Å²) in [5.74, 6) is 0. The van der Waals surface area contributed by atoms with Gasteiger partial charge in [-0.3, -0.25) is 0 Å². The number of aliphatic hydroxyl groups is 1. The Morgan fingerprint density at radius 3 is 2.50 bits per heavy atom. The second-order valence-electron chi connectivity index (χ2n) is 3.69. The van der Waals surface area contributed by atoms with Crippen molar-refractivity contribution in [2.24, 2.45) is 0 Å². The van der Waals surface area contributed by atoms with Crippen molar-refractivity contribution < 1.29 is 13.5 Å². The molecule has 5 nitrogen and oxygen atoms in total. The lowest BCUT2D eigenvalue weighted by molar-refractivity contribution is 0.280. The first-order chi connectivity index (χ1) is 7.38. The largest absolute Gasteiger partial charge is 0.392 e. The summed E-state index contributed by atoms with van der Waals surface area (Å²) in [6, 6.07) is 4.83. The number of benzene rings is 1. The average Bonchev–Trinajstić information content (AvgIpc) is 2.15. The summed E-state index contributed by atoms with van der Waals surface area (Å²) in [5, 5.41) is 10.4. The Bertz CT molecular complexity index is 469. The van der Waals surface area contributed by atoms with Gasteiger partial charge >= 0.3 is 0 Å². The topological polar surface area (TPSA) is 69.6 Å². The minimum absolute atomic E-state index is 0.169. The molecule has 0 radical (unpaired) electrons. The molecule has 0 amide bonds. The Labute approximate surface area is 95.7 Å². The number of sulfonamides is 1. The number of hydrazine groups is 1. The molecule has 1 rings (SSSR count). The van der Waals surface area contributed by atoms with Crippen LogP contribution in [0, 0.1) is 6.92 Å². The van der Waals surface area contributed by atoms with Crippen LogP contribution in [-0.4, -0.2) is 32.6 Å². The summed E-state index contributed by atoms with van der Waals surface area (Å²) in [4.78, 5) is 2.54. The van der Waals surface area contributed by atoms with E-state index in [4.69, 9.17) is 5.11 Å². The van der Waals surface area contributed by atoms with Gasteiger partial charge in [-0.25, -0.2) is 13.4 Å². The maximum Gasteiger partial charge on any atom is 0.253 e. The van der Waals surface area contributed by atoms with E-state index >= 15 is 0 Å². The summed E-state index contributed by atoms with van der Waals surface area (Å²) >= 11 is 0. The molecule has 1 aromatic carbocycles. The molecular weight excluding hydrogens is 228 g/mol. The van der Waals surface area contributed by atoms with Crippen molar-refractivity contribution in [2.45, 2.75) is 18.4 Å². The molecule has 0 saturated heterocycles. The molecule has 0 saturated carbocycles. The first kappa shape index (κ1) is 13.1. The highest BCUT2D eigenvalue weighted by Crippen LogP contribution is 2.18. The summed E-state index contributed by atoms with van der Waals surface area (Å²) in [7, 11) is -0.358. The van der Waals surface area contributed by atoms with E-state index in [1.54, 1.807) is 33.2 Å². The van der Waals surface area contributed by atoms with Crippen LogP contribution in [-0.2, 0) is 16.6 Å². The highest BCUT2D eigenvalue weighted by atomic mass is 32.2. The molecule has 0 fully saturated rings. The van der Waals surface area contributed by atoms with Crippen molar-refractivity contribution in [3.63, 3.8) is 0 Å². The van der Waals surface area contributed by atoms with E-state index < -0.39 is 10.0 Å². The summed E-state index contributed by atoms with van der Waals surface area (Å²) in [6.45, 7) is 1.51. The lowest BCUT2D eigenvalue weighted by Gasteiger charge is -2.15. The summed E-state index contributed by atoms with van der Waals surface area (Å²) in [6.07, 6.45) is 0. The second kappa shape index (κ2) is 4.92. The van der Waals surface area contributed by atoms with Crippen LogP contribution in [0.1, 0.15) is 11.1 Å². The molecule has 0 aliphatic heterocycles. The molecule has 16 heavy (non-hydrogen) atoms. The number of aliphatic hydroxyl groups excluding tert-OH is 1. The Morgan fingerprint density at radius 2 is 2.00 bits per heavy atom. The van der Waals surface area contributed by atoms with Crippen LogP contribution in [0.15, 0.2) is 23.1 Å². The van der Waals surface area contributed by atoms with Gasteiger partial charge in [0.1, 0.15) is 0 Å². The summed E-state index contributed by atoms with van der Waals surface area (Å²) in [5.41, 5.74) is 1.18. The van der Waals surface area contributed by atoms with Gasteiger partial charge in [0.15, 0.2) is 0 Å². The Kier molecular flexibility index (Phi) is 4.03. The molecule has 90 valence electrons. The first-order valence-electron chi connectivity index (χ1n) is 4.77. The fraction of sp³-hybridized carbons (Fsp3) is 0.400. The zero-order chi connectivity index (χ0) is 12.3. The number of rotatable bonds is 4. The molecular formula is C10H16N2O3S. The number of nitrogens with one attached hydrogen (secondary N) is 1. The minimum Gasteiger partial charge on any atom is -0.392 e. The molecule has 0 atom stereocenters. The molecule has 0 unspecified atom stereocenters. The van der Waals surface area contributed by atoms with Crippen LogP contribution in [0.4, 0.5) is 0 Å². The molecule has 0 heterocycles. The van der Waals surface area contributed by atoms with Gasteiger partial charge < -0.3 is 5.11 Å². The highest BCUT2D eigenvalue weighted by Gasteiger charge is 2.18. The van der Waals surface area contributed by atoms with Crippen LogP contribution in [0.2, 0.25) is 0 Å². The van der Waals surface area contributed by atoms with Crippen molar-refractivity contribution in [1.82, 2.24) is 9.84 Å². The lowest BCUT2D eigenvalue weighted by Crippen LogP contribution is -2.36. The molecule has 0 bridgehead atoms. The van der Waals surface area contributed by atoms with E-state index in [1.165, 1.54) is 11.1 Å². The van der Waals surface area contributed by atoms with Gasteiger partial charge in [-0.1, -0.05) is 12.1 Å². The monoisotopic (exact) mass is 244 g/mol. The van der Waals surface area contributed by atoms with Crippen molar-refractivity contribution in [3.8, 4) is 0 Å². The van der Waals surface area contributed by atoms with Gasteiger partial charge in [0.25, 0.3) is 10.0 Å². The van der Waals surface area contributed by atoms with Gasteiger partial charge in [-0.2, -0.15) is 0 Å². The van der Waals surface area contributed by atoms with Crippen LogP contribution in [0.3, 0.4) is 0 Å². The normalized spacial score (nSPS) is 12.1. The minimum atomic E-state index is -3.56. The van der Waals surface area contributed by atoms with Crippen molar-refractivity contribution >= 4 is 10.0 Å². The van der Waals surface area contributed by atoms with E-state index in [0.29, 0.717) is 11.1 Å². The molecule has 2 N–H and O–H groups in total. The predicted octanol–water partition coefficient (Wildman–Crippen LogP) is 0.242. The van der Waals surface area contributed by atoms with Crippen LogP contribution >= 0.6 is 0 Å². The SMILES string of the molecule is Cc1c(CO)cccc1S(=O)(=O)NN(C)C. The van der Waals surface area contributed by atoms with Gasteiger partial charge in [-0.05, 0) is 24.1 Å².